The van der Waals surface area contributed by atoms with Gasteiger partial charge in [-0.3, -0.25) is 4.99 Å². The van der Waals surface area contributed by atoms with E-state index in [4.69, 9.17) is 4.42 Å². The Bertz CT molecular complexity index is 859. The number of oxazole rings is 1. The Hall–Kier alpha value is -1.87. The molecule has 2 N–H and O–H groups in total. The molecular formula is C21H27IN4OS. The van der Waals surface area contributed by atoms with Crippen molar-refractivity contribution in [3.8, 4) is 11.3 Å². The molecule has 1 atom stereocenters. The quantitative estimate of drug-likeness (QED) is 0.271. The predicted octanol–water partition coefficient (Wildman–Crippen LogP) is 4.87. The third-order valence-corrected chi connectivity index (χ3v) is 5.17. The SMILES string of the molecule is CN=C(NCc1ncc(-c2ccc(C)cc2)o1)NCC(C)Cc1cccs1.I. The fourth-order valence-electron chi connectivity index (χ4n) is 2.74. The highest BCUT2D eigenvalue weighted by Crippen LogP contribution is 2.20. The Balaban J connectivity index is 0.00000280. The summed E-state index contributed by atoms with van der Waals surface area (Å²) in [6.45, 7) is 5.66. The average molecular weight is 510 g/mol. The van der Waals surface area contributed by atoms with E-state index in [1.54, 1.807) is 24.6 Å². The number of halogens is 1. The van der Waals surface area contributed by atoms with Gasteiger partial charge in [0, 0.05) is 24.0 Å². The summed E-state index contributed by atoms with van der Waals surface area (Å²) < 4.78 is 5.85. The second kappa shape index (κ2) is 11.2. The molecule has 0 bridgehead atoms. The lowest BCUT2D eigenvalue weighted by Gasteiger charge is -2.15. The Labute approximate surface area is 187 Å². The normalized spacial score (nSPS) is 12.3. The molecule has 1 unspecified atom stereocenters. The molecule has 1 aromatic carbocycles. The van der Waals surface area contributed by atoms with Crippen molar-refractivity contribution >= 4 is 41.3 Å². The Morgan fingerprint density at radius 3 is 2.68 bits per heavy atom. The van der Waals surface area contributed by atoms with Crippen LogP contribution in [0.1, 0.15) is 23.3 Å². The maximum Gasteiger partial charge on any atom is 0.214 e. The monoisotopic (exact) mass is 510 g/mol. The fraction of sp³-hybridized carbons (Fsp3) is 0.333. The van der Waals surface area contributed by atoms with Crippen LogP contribution in [-0.4, -0.2) is 24.5 Å². The van der Waals surface area contributed by atoms with Crippen molar-refractivity contribution in [2.45, 2.75) is 26.8 Å². The number of benzene rings is 1. The van der Waals surface area contributed by atoms with Gasteiger partial charge in [0.15, 0.2) is 11.7 Å². The lowest BCUT2D eigenvalue weighted by Crippen LogP contribution is -2.39. The van der Waals surface area contributed by atoms with Crippen LogP contribution >= 0.6 is 35.3 Å². The third-order valence-electron chi connectivity index (χ3n) is 4.27. The first-order valence-electron chi connectivity index (χ1n) is 9.12. The number of thiophene rings is 1. The van der Waals surface area contributed by atoms with E-state index in [0.717, 1.165) is 30.2 Å². The largest absolute Gasteiger partial charge is 0.439 e. The zero-order valence-electron chi connectivity index (χ0n) is 16.4. The molecule has 3 aromatic rings. The van der Waals surface area contributed by atoms with E-state index < -0.39 is 0 Å². The summed E-state index contributed by atoms with van der Waals surface area (Å²) in [7, 11) is 1.77. The van der Waals surface area contributed by atoms with Crippen LogP contribution in [0.2, 0.25) is 0 Å². The minimum atomic E-state index is 0. The standard InChI is InChI=1S/C21H26N4OS.HI/c1-15-6-8-17(9-7-15)19-13-23-20(26-19)14-25-21(22-3)24-12-16(2)11-18-5-4-10-27-18;/h4-10,13,16H,11-12,14H2,1-3H3,(H2,22,24,25);1H. The van der Waals surface area contributed by atoms with Gasteiger partial charge in [-0.25, -0.2) is 4.98 Å². The van der Waals surface area contributed by atoms with Gasteiger partial charge in [-0.2, -0.15) is 0 Å². The molecule has 0 aliphatic rings. The van der Waals surface area contributed by atoms with E-state index in [-0.39, 0.29) is 24.0 Å². The minimum Gasteiger partial charge on any atom is -0.439 e. The number of aryl methyl sites for hydroxylation is 1. The molecule has 0 spiro atoms. The third kappa shape index (κ3) is 6.63. The van der Waals surface area contributed by atoms with Gasteiger partial charge in [0.25, 0.3) is 0 Å². The molecule has 0 saturated carbocycles. The van der Waals surface area contributed by atoms with Crippen molar-refractivity contribution in [3.05, 3.63) is 64.3 Å². The first kappa shape index (κ1) is 22.4. The van der Waals surface area contributed by atoms with Crippen molar-refractivity contribution in [2.24, 2.45) is 10.9 Å². The first-order chi connectivity index (χ1) is 13.1. The molecule has 2 aromatic heterocycles. The van der Waals surface area contributed by atoms with E-state index in [0.29, 0.717) is 18.4 Å². The lowest BCUT2D eigenvalue weighted by atomic mass is 10.1. The molecule has 0 aliphatic heterocycles. The van der Waals surface area contributed by atoms with Crippen LogP contribution < -0.4 is 10.6 Å². The second-order valence-electron chi connectivity index (χ2n) is 6.68. The summed E-state index contributed by atoms with van der Waals surface area (Å²) in [5, 5.41) is 8.75. The summed E-state index contributed by atoms with van der Waals surface area (Å²) in [5.41, 5.74) is 2.26. The number of aromatic nitrogens is 1. The first-order valence-corrected chi connectivity index (χ1v) is 10.0. The van der Waals surface area contributed by atoms with Crippen molar-refractivity contribution in [1.29, 1.82) is 0 Å². The predicted molar refractivity (Wildman–Crippen MR) is 127 cm³/mol. The number of guanidine groups is 1. The van der Waals surface area contributed by atoms with Crippen LogP contribution in [0, 0.1) is 12.8 Å². The van der Waals surface area contributed by atoms with Crippen molar-refractivity contribution in [1.82, 2.24) is 15.6 Å². The second-order valence-corrected chi connectivity index (χ2v) is 7.71. The van der Waals surface area contributed by atoms with Crippen molar-refractivity contribution in [2.75, 3.05) is 13.6 Å². The summed E-state index contributed by atoms with van der Waals surface area (Å²) in [4.78, 5) is 10.0. The molecular weight excluding hydrogens is 483 g/mol. The number of nitrogens with zero attached hydrogens (tertiary/aromatic N) is 2. The number of hydrogen-bond donors (Lipinski definition) is 2. The van der Waals surface area contributed by atoms with Crippen LogP contribution in [0.3, 0.4) is 0 Å². The average Bonchev–Trinajstić information content (AvgIpc) is 3.34. The number of nitrogens with one attached hydrogen (secondary N) is 2. The smallest absolute Gasteiger partial charge is 0.214 e. The summed E-state index contributed by atoms with van der Waals surface area (Å²) in [5.74, 6) is 2.69. The van der Waals surface area contributed by atoms with Gasteiger partial charge in [0.2, 0.25) is 5.89 Å². The van der Waals surface area contributed by atoms with E-state index >= 15 is 0 Å². The van der Waals surface area contributed by atoms with Gasteiger partial charge in [-0.05, 0) is 30.7 Å². The molecule has 0 fully saturated rings. The molecule has 0 aliphatic carbocycles. The molecule has 28 heavy (non-hydrogen) atoms. The zero-order chi connectivity index (χ0) is 19.1. The molecule has 0 amide bonds. The Morgan fingerprint density at radius 1 is 1.21 bits per heavy atom. The van der Waals surface area contributed by atoms with Gasteiger partial charge in [0.1, 0.15) is 0 Å². The molecule has 150 valence electrons. The summed E-state index contributed by atoms with van der Waals surface area (Å²) in [6, 6.07) is 12.5. The Kier molecular flexibility index (Phi) is 8.98. The van der Waals surface area contributed by atoms with Gasteiger partial charge in [-0.15, -0.1) is 35.3 Å². The highest BCUT2D eigenvalue weighted by Gasteiger charge is 2.09. The van der Waals surface area contributed by atoms with Gasteiger partial charge in [0.05, 0.1) is 12.7 Å². The molecule has 0 saturated heterocycles. The zero-order valence-corrected chi connectivity index (χ0v) is 19.6. The molecule has 5 nitrogen and oxygen atoms in total. The van der Waals surface area contributed by atoms with E-state index in [1.165, 1.54) is 10.4 Å². The van der Waals surface area contributed by atoms with Crippen LogP contribution in [0.4, 0.5) is 0 Å². The summed E-state index contributed by atoms with van der Waals surface area (Å²) >= 11 is 1.81. The summed E-state index contributed by atoms with van der Waals surface area (Å²) in [6.07, 6.45) is 2.84. The number of aliphatic imine (C=N–C) groups is 1. The molecule has 0 radical (unpaired) electrons. The van der Waals surface area contributed by atoms with E-state index in [9.17, 15) is 0 Å². The van der Waals surface area contributed by atoms with Crippen LogP contribution in [-0.2, 0) is 13.0 Å². The van der Waals surface area contributed by atoms with Crippen LogP contribution in [0.15, 0.2) is 57.4 Å². The van der Waals surface area contributed by atoms with Gasteiger partial charge in [-0.1, -0.05) is 42.8 Å². The van der Waals surface area contributed by atoms with E-state index in [1.807, 2.05) is 12.1 Å². The van der Waals surface area contributed by atoms with E-state index in [2.05, 4.69) is 64.1 Å². The maximum atomic E-state index is 5.85. The molecule has 2 heterocycles. The molecule has 3 rings (SSSR count). The lowest BCUT2D eigenvalue weighted by molar-refractivity contribution is 0.495. The topological polar surface area (TPSA) is 62.5 Å². The highest BCUT2D eigenvalue weighted by molar-refractivity contribution is 14.0. The van der Waals surface area contributed by atoms with Crippen molar-refractivity contribution < 1.29 is 4.42 Å². The van der Waals surface area contributed by atoms with Crippen LogP contribution in [0.5, 0.6) is 0 Å². The fourth-order valence-corrected chi connectivity index (χ4v) is 3.61. The number of hydrogen-bond acceptors (Lipinski definition) is 4. The highest BCUT2D eigenvalue weighted by atomic mass is 127. The van der Waals surface area contributed by atoms with Gasteiger partial charge >= 0.3 is 0 Å². The minimum absolute atomic E-state index is 0. The maximum absolute atomic E-state index is 5.85. The molecule has 7 heteroatoms. The van der Waals surface area contributed by atoms with Crippen LogP contribution in [0.25, 0.3) is 11.3 Å². The van der Waals surface area contributed by atoms with Crippen molar-refractivity contribution in [3.63, 3.8) is 0 Å². The Morgan fingerprint density at radius 2 is 2.00 bits per heavy atom. The van der Waals surface area contributed by atoms with Gasteiger partial charge < -0.3 is 15.1 Å². The number of rotatable bonds is 7.